The molecule has 1 nitrogen and oxygen atoms in total. The zero-order valence-electron chi connectivity index (χ0n) is 5.99. The van der Waals surface area contributed by atoms with Crippen molar-refractivity contribution in [3.63, 3.8) is 0 Å². The second-order valence-corrected chi connectivity index (χ2v) is 11.5. The lowest BCUT2D eigenvalue weighted by Crippen LogP contribution is -2.42. The fourth-order valence-corrected chi connectivity index (χ4v) is 5.80. The molecular weight excluding hydrogens is 188 g/mol. The van der Waals surface area contributed by atoms with Gasteiger partial charge in [0.25, 0.3) is 0 Å². The van der Waals surface area contributed by atoms with E-state index in [4.69, 9.17) is 4.12 Å². The summed E-state index contributed by atoms with van der Waals surface area (Å²) in [6.07, 6.45) is 0. The molecule has 0 bridgehead atoms. The Kier molecular flexibility index (Phi) is 2.22. The molecule has 0 saturated carbocycles. The van der Waals surface area contributed by atoms with Crippen molar-refractivity contribution in [2.24, 2.45) is 0 Å². The molecule has 49 valence electrons. The number of hydrogen-bond acceptors (Lipinski definition) is 1. The highest BCUT2D eigenvalue weighted by Gasteiger charge is 2.43. The van der Waals surface area contributed by atoms with Gasteiger partial charge in [0.05, 0.1) is 0 Å². The van der Waals surface area contributed by atoms with E-state index >= 15 is 0 Å². The summed E-state index contributed by atoms with van der Waals surface area (Å²) >= 11 is 0. The van der Waals surface area contributed by atoms with Crippen LogP contribution in [-0.4, -0.2) is 37.4 Å². The average molecular weight is 195 g/mol. The van der Waals surface area contributed by atoms with Crippen molar-refractivity contribution in [1.82, 2.24) is 0 Å². The lowest BCUT2D eigenvalue weighted by atomic mass is 10.6. The van der Waals surface area contributed by atoms with Gasteiger partial charge in [0.15, 0.2) is 0 Å². The smallest absolute Gasteiger partial charge is 0.229 e. The van der Waals surface area contributed by atoms with Crippen LogP contribution in [0, 0.1) is 0 Å². The molecule has 10 heavy (non-hydrogen) atoms. The molecule has 0 aromatic carbocycles. The van der Waals surface area contributed by atoms with Crippen LogP contribution in [0.25, 0.3) is 0 Å². The highest BCUT2D eigenvalue weighted by Crippen LogP contribution is 2.48. The molecule has 0 atom stereocenters. The lowest BCUT2D eigenvalue weighted by Gasteiger charge is -2.21. The van der Waals surface area contributed by atoms with Crippen LogP contribution in [0.2, 0.25) is 5.54 Å². The summed E-state index contributed by atoms with van der Waals surface area (Å²) < 4.78 is 5.13. The van der Waals surface area contributed by atoms with Crippen molar-refractivity contribution >= 4 is 37.4 Å². The van der Waals surface area contributed by atoms with Gasteiger partial charge in [-0.3, -0.25) is 0 Å². The van der Waals surface area contributed by atoms with E-state index in [-0.39, 0.29) is 0 Å². The van der Waals surface area contributed by atoms with Gasteiger partial charge in [0, 0.05) is 25.1 Å². The van der Waals surface area contributed by atoms with E-state index < -0.39 is 7.35 Å². The molecular formula is C5H7OSi4. The Morgan fingerprint density at radius 3 is 1.80 bits per heavy atom. The molecule has 1 rings (SSSR count). The van der Waals surface area contributed by atoms with Gasteiger partial charge in [-0.2, -0.15) is 0 Å². The minimum Gasteiger partial charge on any atom is -0.462 e. The van der Waals surface area contributed by atoms with Gasteiger partial charge in [-0.1, -0.05) is 11.1 Å². The van der Waals surface area contributed by atoms with E-state index in [2.05, 4.69) is 43.9 Å². The normalized spacial score (nSPS) is 20.1. The monoisotopic (exact) mass is 195 g/mol. The minimum absolute atomic E-state index is 0.526. The first-order valence-corrected chi connectivity index (χ1v) is 8.42. The first-order chi connectivity index (χ1) is 4.50. The molecule has 0 aromatic rings. The van der Waals surface area contributed by atoms with E-state index in [1.54, 1.807) is 0 Å². The van der Waals surface area contributed by atoms with E-state index in [0.29, 0.717) is 5.54 Å². The average Bonchev–Trinajstić information content (AvgIpc) is 2.42. The topological polar surface area (TPSA) is 9.23 Å². The Morgan fingerprint density at radius 2 is 1.70 bits per heavy atom. The van der Waals surface area contributed by atoms with Crippen LogP contribution in [-0.2, 0) is 4.12 Å². The van der Waals surface area contributed by atoms with Gasteiger partial charge >= 0.3 is 0 Å². The van der Waals surface area contributed by atoms with Crippen molar-refractivity contribution in [1.29, 1.82) is 0 Å². The van der Waals surface area contributed by atoms with Crippen molar-refractivity contribution in [2.45, 2.75) is 19.4 Å². The molecule has 0 spiro atoms. The molecule has 0 aliphatic heterocycles. The maximum absolute atomic E-state index is 5.13. The van der Waals surface area contributed by atoms with Crippen molar-refractivity contribution < 1.29 is 4.12 Å². The first kappa shape index (κ1) is 8.66. The summed E-state index contributed by atoms with van der Waals surface area (Å²) in [5.74, 6) is 0. The van der Waals surface area contributed by atoms with Crippen LogP contribution in [0.15, 0.2) is 11.1 Å². The molecule has 1 aliphatic carbocycles. The fourth-order valence-electron chi connectivity index (χ4n) is 1.14. The second kappa shape index (κ2) is 2.56. The molecule has 0 fully saturated rings. The SMILES string of the molecule is CC1=C(C)C1[Si]([Si])([Si])O[Si]. The molecule has 1 aliphatic rings. The van der Waals surface area contributed by atoms with Crippen LogP contribution < -0.4 is 0 Å². The van der Waals surface area contributed by atoms with Crippen LogP contribution in [0.4, 0.5) is 0 Å². The molecule has 0 aromatic heterocycles. The predicted molar refractivity (Wildman–Crippen MR) is 46.2 cm³/mol. The minimum atomic E-state index is -1.82. The highest BCUT2D eigenvalue weighted by molar-refractivity contribution is 7.40. The standard InChI is InChI=1S/C5H7OSi4/c1-3-4(2)5(3)10(8,9)6-7/h5H,1-2H3. The quantitative estimate of drug-likeness (QED) is 0.448. The van der Waals surface area contributed by atoms with Gasteiger partial charge in [-0.05, 0) is 13.8 Å². The molecule has 0 heterocycles. The molecule has 9 radical (unpaired) electrons. The summed E-state index contributed by atoms with van der Waals surface area (Å²) in [6, 6.07) is 0. The lowest BCUT2D eigenvalue weighted by molar-refractivity contribution is 0.640. The molecule has 0 saturated heterocycles. The summed E-state index contributed by atoms with van der Waals surface area (Å²) in [7, 11) is 8.39. The van der Waals surface area contributed by atoms with Crippen molar-refractivity contribution in [3.8, 4) is 0 Å². The molecule has 0 N–H and O–H groups in total. The fraction of sp³-hybridized carbons (Fsp3) is 0.600. The van der Waals surface area contributed by atoms with Gasteiger partial charge in [0.1, 0.15) is 7.35 Å². The highest BCUT2D eigenvalue weighted by atomic mass is 29.6. The second-order valence-electron chi connectivity index (χ2n) is 2.64. The van der Waals surface area contributed by atoms with Crippen LogP contribution in [0.1, 0.15) is 13.8 Å². The Morgan fingerprint density at radius 1 is 1.30 bits per heavy atom. The largest absolute Gasteiger partial charge is 0.462 e. The van der Waals surface area contributed by atoms with E-state index in [1.807, 2.05) is 0 Å². The molecule has 5 heteroatoms. The third-order valence-corrected chi connectivity index (χ3v) is 8.51. The Balaban J connectivity index is 2.56. The summed E-state index contributed by atoms with van der Waals surface area (Å²) in [4.78, 5) is 0. The third kappa shape index (κ3) is 1.28. The number of rotatable bonds is 2. The summed E-state index contributed by atoms with van der Waals surface area (Å²) in [6.45, 7) is 4.26. The van der Waals surface area contributed by atoms with Crippen LogP contribution >= 0.6 is 0 Å². The number of hydrogen-bond donors (Lipinski definition) is 0. The number of allylic oxidation sites excluding steroid dienone is 2. The maximum atomic E-state index is 5.13. The van der Waals surface area contributed by atoms with E-state index in [9.17, 15) is 0 Å². The van der Waals surface area contributed by atoms with Gasteiger partial charge in [-0.25, -0.2) is 0 Å². The van der Waals surface area contributed by atoms with Crippen LogP contribution in [0.5, 0.6) is 0 Å². The van der Waals surface area contributed by atoms with Crippen molar-refractivity contribution in [2.75, 3.05) is 0 Å². The third-order valence-electron chi connectivity index (χ3n) is 1.97. The van der Waals surface area contributed by atoms with Gasteiger partial charge in [0.2, 0.25) is 10.5 Å². The summed E-state index contributed by atoms with van der Waals surface area (Å²) in [5.41, 5.74) is 3.41. The predicted octanol–water partition coefficient (Wildman–Crippen LogP) is 0.0826. The van der Waals surface area contributed by atoms with E-state index in [1.165, 1.54) is 11.1 Å². The Bertz CT molecular complexity index is 174. The molecule has 0 unspecified atom stereocenters. The van der Waals surface area contributed by atoms with Crippen LogP contribution in [0.3, 0.4) is 0 Å². The Hall–Kier alpha value is 0.568. The van der Waals surface area contributed by atoms with Gasteiger partial charge in [-0.15, -0.1) is 0 Å². The molecule has 0 amide bonds. The zero-order valence-corrected chi connectivity index (χ0v) is 9.99. The first-order valence-electron chi connectivity index (χ1n) is 3.02. The van der Waals surface area contributed by atoms with Gasteiger partial charge < -0.3 is 4.12 Å². The maximum Gasteiger partial charge on any atom is 0.229 e. The van der Waals surface area contributed by atoms with Crippen molar-refractivity contribution in [3.05, 3.63) is 11.1 Å². The summed E-state index contributed by atoms with van der Waals surface area (Å²) in [5, 5.41) is 0. The Labute approximate surface area is 72.3 Å². The van der Waals surface area contributed by atoms with E-state index in [0.717, 1.165) is 0 Å². The zero-order chi connectivity index (χ0) is 7.94.